The van der Waals surface area contributed by atoms with Gasteiger partial charge in [0.2, 0.25) is 0 Å². The Bertz CT molecular complexity index is 155. The number of halogens is 3. The van der Waals surface area contributed by atoms with Crippen molar-refractivity contribution in [3.05, 3.63) is 0 Å². The molecule has 0 saturated carbocycles. The molecular weight excluding hydrogens is 388 g/mol. The first-order valence-corrected chi connectivity index (χ1v) is 12.3. The zero-order valence-corrected chi connectivity index (χ0v) is 16.7. The normalized spacial score (nSPS) is 11.2. The van der Waals surface area contributed by atoms with Crippen LogP contribution in [0.3, 0.4) is 0 Å². The summed E-state index contributed by atoms with van der Waals surface area (Å²) >= 11 is 0. The summed E-state index contributed by atoms with van der Waals surface area (Å²) in [7, 11) is 12.3. The first kappa shape index (κ1) is 23.9. The molecule has 8 heteroatoms. The molecular formula is C12H27Cl3CoO3P. The van der Waals surface area contributed by atoms with Crippen LogP contribution < -0.4 is 0 Å². The second kappa shape index (κ2) is 20.7. The van der Waals surface area contributed by atoms with Gasteiger partial charge in [-0.05, 0) is 19.3 Å². The molecule has 0 spiro atoms. The van der Waals surface area contributed by atoms with E-state index < -0.39 is 19.6 Å². The minimum absolute atomic E-state index is 0.750. The van der Waals surface area contributed by atoms with E-state index in [0.29, 0.717) is 0 Å². The van der Waals surface area contributed by atoms with Gasteiger partial charge < -0.3 is 13.6 Å². The van der Waals surface area contributed by atoms with E-state index in [4.69, 9.17) is 44.0 Å². The fraction of sp³-hybridized carbons (Fsp3) is 1.00. The second-order valence-corrected chi connectivity index (χ2v) is 10.3. The molecule has 0 saturated heterocycles. The molecule has 0 fully saturated rings. The summed E-state index contributed by atoms with van der Waals surface area (Å²) in [6, 6.07) is 0. The van der Waals surface area contributed by atoms with Gasteiger partial charge in [0, 0.05) is 0 Å². The first-order chi connectivity index (χ1) is 9.58. The van der Waals surface area contributed by atoms with Gasteiger partial charge in [0.25, 0.3) is 0 Å². The molecule has 0 amide bonds. The van der Waals surface area contributed by atoms with E-state index in [1.165, 1.54) is 0 Å². The minimum atomic E-state index is -1.19. The van der Waals surface area contributed by atoms with Crippen LogP contribution in [0, 0.1) is 0 Å². The Morgan fingerprint density at radius 3 is 1.15 bits per heavy atom. The van der Waals surface area contributed by atoms with Crippen molar-refractivity contribution >= 4 is 39.0 Å². The molecule has 0 atom stereocenters. The van der Waals surface area contributed by atoms with Gasteiger partial charge in [0.05, 0.1) is 19.8 Å². The average Bonchev–Trinajstić information content (AvgIpc) is 2.38. The number of rotatable bonds is 12. The van der Waals surface area contributed by atoms with Crippen LogP contribution in [0.15, 0.2) is 0 Å². The van der Waals surface area contributed by atoms with Gasteiger partial charge in [-0.1, -0.05) is 40.0 Å². The van der Waals surface area contributed by atoms with Gasteiger partial charge in [-0.15, -0.1) is 0 Å². The zero-order valence-electron chi connectivity index (χ0n) is 12.5. The van der Waals surface area contributed by atoms with Crippen molar-refractivity contribution in [1.29, 1.82) is 0 Å². The Morgan fingerprint density at radius 2 is 0.950 bits per heavy atom. The van der Waals surface area contributed by atoms with Gasteiger partial charge >= 0.3 is 50.0 Å². The Kier molecular flexibility index (Phi) is 24.8. The Labute approximate surface area is 142 Å². The second-order valence-electron chi connectivity index (χ2n) is 3.93. The molecule has 3 nitrogen and oxygen atoms in total. The van der Waals surface area contributed by atoms with E-state index in [-0.39, 0.29) is 0 Å². The van der Waals surface area contributed by atoms with Crippen molar-refractivity contribution in [2.45, 2.75) is 59.3 Å². The maximum absolute atomic E-state index is 5.60. The van der Waals surface area contributed by atoms with Gasteiger partial charge in [-0.2, -0.15) is 0 Å². The van der Waals surface area contributed by atoms with Crippen LogP contribution in [0.4, 0.5) is 0 Å². The van der Waals surface area contributed by atoms with Crippen LogP contribution >= 0.6 is 39.0 Å². The van der Waals surface area contributed by atoms with Gasteiger partial charge in [-0.3, -0.25) is 0 Å². The summed E-state index contributed by atoms with van der Waals surface area (Å²) in [6.07, 6.45) is 6.67. The van der Waals surface area contributed by atoms with Crippen molar-refractivity contribution in [1.82, 2.24) is 0 Å². The molecule has 128 valence electrons. The quantitative estimate of drug-likeness (QED) is 0.261. The summed E-state index contributed by atoms with van der Waals surface area (Å²) in [5, 5.41) is 0. The van der Waals surface area contributed by atoms with E-state index in [9.17, 15) is 0 Å². The molecule has 0 radical (unpaired) electrons. The summed E-state index contributed by atoms with van der Waals surface area (Å²) in [4.78, 5) is 0. The van der Waals surface area contributed by atoms with Crippen molar-refractivity contribution in [2.75, 3.05) is 19.8 Å². The van der Waals surface area contributed by atoms with E-state index in [1.807, 2.05) is 0 Å². The summed E-state index contributed by atoms with van der Waals surface area (Å²) in [5.41, 5.74) is 0. The molecule has 0 aliphatic heterocycles. The topological polar surface area (TPSA) is 27.7 Å². The van der Waals surface area contributed by atoms with Crippen LogP contribution in [-0.2, 0) is 24.5 Å². The number of hydrogen-bond donors (Lipinski definition) is 0. The molecule has 0 aliphatic rings. The van der Waals surface area contributed by atoms with Crippen LogP contribution in [0.5, 0.6) is 0 Å². The van der Waals surface area contributed by atoms with Crippen LogP contribution in [0.25, 0.3) is 0 Å². The molecule has 0 aromatic rings. The SMILES string of the molecule is CCCCOP(OCCCC)OCCCC.[Cl][Co]([Cl])[Cl]. The fourth-order valence-electron chi connectivity index (χ4n) is 0.962. The van der Waals surface area contributed by atoms with Crippen LogP contribution in [0.2, 0.25) is 0 Å². The third-order valence-corrected chi connectivity index (χ3v) is 3.26. The maximum atomic E-state index is 5.60. The van der Waals surface area contributed by atoms with Gasteiger partial charge in [0.1, 0.15) is 0 Å². The van der Waals surface area contributed by atoms with Crippen LogP contribution in [-0.4, -0.2) is 19.8 Å². The van der Waals surface area contributed by atoms with Crippen LogP contribution in [0.1, 0.15) is 59.3 Å². The molecule has 0 N–H and O–H groups in total. The molecule has 0 bridgehead atoms. The summed E-state index contributed by atoms with van der Waals surface area (Å²) < 4.78 is 16.8. The molecule has 0 rings (SSSR count). The third-order valence-electron chi connectivity index (χ3n) is 2.08. The Morgan fingerprint density at radius 1 is 0.700 bits per heavy atom. The van der Waals surface area contributed by atoms with Crippen molar-refractivity contribution in [2.24, 2.45) is 0 Å². The van der Waals surface area contributed by atoms with Crippen molar-refractivity contribution < 1.29 is 24.5 Å². The molecule has 0 aromatic heterocycles. The Hall–Kier alpha value is 1.69. The number of unbranched alkanes of at least 4 members (excludes halogenated alkanes) is 3. The molecule has 0 unspecified atom stereocenters. The first-order valence-electron chi connectivity index (χ1n) is 6.91. The third kappa shape index (κ3) is 24.7. The predicted octanol–water partition coefficient (Wildman–Crippen LogP) is 6.73. The average molecular weight is 416 g/mol. The fourth-order valence-corrected chi connectivity index (χ4v) is 2.02. The van der Waals surface area contributed by atoms with E-state index >= 15 is 0 Å². The van der Waals surface area contributed by atoms with Gasteiger partial charge in [0.15, 0.2) is 0 Å². The van der Waals surface area contributed by atoms with E-state index in [2.05, 4.69) is 20.8 Å². The zero-order chi connectivity index (χ0) is 15.6. The van der Waals surface area contributed by atoms with Crippen molar-refractivity contribution in [3.8, 4) is 0 Å². The standard InChI is InChI=1S/C12H27O3P.3ClH.Co/c1-4-7-10-13-16(14-11-8-5-2)15-12-9-6-3;;;;/h4-12H2,1-3H3;3*1H;/q;;;;+3/p-3. The van der Waals surface area contributed by atoms with Crippen molar-refractivity contribution in [3.63, 3.8) is 0 Å². The molecule has 0 aromatic carbocycles. The molecule has 0 aliphatic carbocycles. The Balaban J connectivity index is 0. The monoisotopic (exact) mass is 414 g/mol. The molecule has 0 heterocycles. The summed E-state index contributed by atoms with van der Waals surface area (Å²) in [6.45, 7) is 8.71. The molecule has 20 heavy (non-hydrogen) atoms. The summed E-state index contributed by atoms with van der Waals surface area (Å²) in [5.74, 6) is 0. The number of hydrogen-bond acceptors (Lipinski definition) is 3. The van der Waals surface area contributed by atoms with Gasteiger partial charge in [-0.25, -0.2) is 0 Å². The predicted molar refractivity (Wildman–Crippen MR) is 87.1 cm³/mol. The van der Waals surface area contributed by atoms with E-state index in [1.54, 1.807) is 0 Å². The van der Waals surface area contributed by atoms with E-state index in [0.717, 1.165) is 58.3 Å².